The van der Waals surface area contributed by atoms with Crippen LogP contribution in [0.15, 0.2) is 30.3 Å². The Labute approximate surface area is 231 Å². The number of hydrogen-bond acceptors (Lipinski definition) is 5. The van der Waals surface area contributed by atoms with Crippen LogP contribution < -0.4 is 20.7 Å². The largest absolute Gasteiger partial charge is 0.354 e. The Morgan fingerprint density at radius 1 is 1.03 bits per heavy atom. The summed E-state index contributed by atoms with van der Waals surface area (Å²) in [5.41, 5.74) is 0.391. The normalized spacial score (nSPS) is 12.7. The van der Waals surface area contributed by atoms with Gasteiger partial charge in [0.25, 0.3) is 0 Å². The Kier molecular flexibility index (Phi) is 11.5. The molecular weight excluding hydrogens is 561 g/mol. The topological polar surface area (TPSA) is 116 Å². The van der Waals surface area contributed by atoms with E-state index in [4.69, 9.17) is 23.2 Å². The van der Waals surface area contributed by atoms with Crippen molar-refractivity contribution in [3.63, 3.8) is 0 Å². The second-order valence-electron chi connectivity index (χ2n) is 10.0. The van der Waals surface area contributed by atoms with Crippen molar-refractivity contribution in [3.8, 4) is 0 Å². The van der Waals surface area contributed by atoms with E-state index < -0.39 is 39.5 Å². The third-order valence-electron chi connectivity index (χ3n) is 5.26. The van der Waals surface area contributed by atoms with Gasteiger partial charge in [0.2, 0.25) is 21.8 Å². The molecule has 0 radical (unpaired) electrons. The molecule has 0 aliphatic carbocycles. The van der Waals surface area contributed by atoms with Crippen LogP contribution in [0.1, 0.15) is 44.4 Å². The molecule has 0 fully saturated rings. The number of nitrogens with one attached hydrogen (secondary N) is 4. The predicted molar refractivity (Wildman–Crippen MR) is 146 cm³/mol. The van der Waals surface area contributed by atoms with E-state index in [1.165, 1.54) is 30.3 Å². The second kappa shape index (κ2) is 13.7. The van der Waals surface area contributed by atoms with E-state index in [2.05, 4.69) is 20.7 Å². The number of hydrogen-bond donors (Lipinski definition) is 4. The minimum atomic E-state index is -3.38. The number of benzene rings is 2. The molecule has 13 heteroatoms. The van der Waals surface area contributed by atoms with Crippen LogP contribution in [0, 0.1) is 17.0 Å². The van der Waals surface area contributed by atoms with Crippen molar-refractivity contribution in [2.75, 3.05) is 31.2 Å². The zero-order valence-electron chi connectivity index (χ0n) is 21.6. The lowest BCUT2D eigenvalue weighted by atomic mass is 9.85. The number of amides is 2. The standard InChI is InChI=1S/C25H32Cl2F2N4O4S/c1-25(2,3)13-21(31-14-23(35)30-8-9-32-38(4,36)37)16-11-19(28)18(27)12-20(16)33-22(34)10-15-6-5-7-17(26)24(15)29/h5-7,11-12,21,31-32H,8-10,13-14H2,1-4H3,(H,30,35)(H,33,34). The molecule has 0 aliphatic rings. The van der Waals surface area contributed by atoms with Crippen LogP contribution in [-0.4, -0.2) is 46.1 Å². The van der Waals surface area contributed by atoms with Crippen molar-refractivity contribution in [2.45, 2.75) is 39.7 Å². The summed E-state index contributed by atoms with van der Waals surface area (Å²) >= 11 is 11.8. The molecule has 2 rings (SSSR count). The molecule has 0 bridgehead atoms. The number of halogens is 4. The smallest absolute Gasteiger partial charge is 0.234 e. The molecule has 4 N–H and O–H groups in total. The zero-order chi connectivity index (χ0) is 28.7. The first-order valence-electron chi connectivity index (χ1n) is 11.7. The molecule has 0 heterocycles. The summed E-state index contributed by atoms with van der Waals surface area (Å²) in [5, 5.41) is 8.03. The van der Waals surface area contributed by atoms with Crippen LogP contribution in [0.2, 0.25) is 10.0 Å². The van der Waals surface area contributed by atoms with E-state index in [0.29, 0.717) is 12.0 Å². The van der Waals surface area contributed by atoms with Gasteiger partial charge >= 0.3 is 0 Å². The van der Waals surface area contributed by atoms with E-state index in [1.54, 1.807) is 0 Å². The zero-order valence-corrected chi connectivity index (χ0v) is 23.9. The van der Waals surface area contributed by atoms with Gasteiger partial charge in [-0.25, -0.2) is 21.9 Å². The van der Waals surface area contributed by atoms with Gasteiger partial charge in [0, 0.05) is 24.8 Å². The van der Waals surface area contributed by atoms with Gasteiger partial charge in [-0.15, -0.1) is 0 Å². The highest BCUT2D eigenvalue weighted by Gasteiger charge is 2.25. The minimum Gasteiger partial charge on any atom is -0.354 e. The number of carbonyl (C=O) groups is 2. The molecule has 1 unspecified atom stereocenters. The summed E-state index contributed by atoms with van der Waals surface area (Å²) < 4.78 is 53.4. The van der Waals surface area contributed by atoms with E-state index in [1.807, 2.05) is 20.8 Å². The third kappa shape index (κ3) is 10.8. The van der Waals surface area contributed by atoms with Gasteiger partial charge < -0.3 is 16.0 Å². The summed E-state index contributed by atoms with van der Waals surface area (Å²) in [4.78, 5) is 25.1. The van der Waals surface area contributed by atoms with E-state index >= 15 is 0 Å². The maximum atomic E-state index is 14.6. The number of sulfonamides is 1. The van der Waals surface area contributed by atoms with Gasteiger partial charge in [-0.3, -0.25) is 9.59 Å². The molecule has 1 atom stereocenters. The summed E-state index contributed by atoms with van der Waals surface area (Å²) in [6.07, 6.45) is 1.14. The van der Waals surface area contributed by atoms with Crippen LogP contribution in [-0.2, 0) is 26.0 Å². The van der Waals surface area contributed by atoms with E-state index in [-0.39, 0.29) is 52.8 Å². The first kappa shape index (κ1) is 31.9. The Morgan fingerprint density at radius 2 is 1.71 bits per heavy atom. The quantitative estimate of drug-likeness (QED) is 0.276. The fraction of sp³-hybridized carbons (Fsp3) is 0.440. The predicted octanol–water partition coefficient (Wildman–Crippen LogP) is 4.19. The molecule has 38 heavy (non-hydrogen) atoms. The molecule has 0 aliphatic heterocycles. The van der Waals surface area contributed by atoms with E-state index in [0.717, 1.165) is 6.26 Å². The molecule has 0 spiro atoms. The Bertz CT molecular complexity index is 1270. The van der Waals surface area contributed by atoms with Crippen molar-refractivity contribution in [1.82, 2.24) is 15.4 Å². The molecule has 2 aromatic carbocycles. The Balaban J connectivity index is 2.23. The lowest BCUT2D eigenvalue weighted by Crippen LogP contribution is -2.40. The van der Waals surface area contributed by atoms with Crippen molar-refractivity contribution in [2.24, 2.45) is 5.41 Å². The molecule has 8 nitrogen and oxygen atoms in total. The third-order valence-corrected chi connectivity index (χ3v) is 6.57. The SMILES string of the molecule is CC(C)(C)CC(NCC(=O)NCCNS(C)(=O)=O)c1cc(F)c(Cl)cc1NC(=O)Cc1cccc(Cl)c1F. The van der Waals surface area contributed by atoms with Crippen LogP contribution in [0.4, 0.5) is 14.5 Å². The lowest BCUT2D eigenvalue weighted by molar-refractivity contribution is -0.120. The van der Waals surface area contributed by atoms with Crippen LogP contribution in [0.25, 0.3) is 0 Å². The van der Waals surface area contributed by atoms with Crippen LogP contribution >= 0.6 is 23.2 Å². The van der Waals surface area contributed by atoms with Crippen molar-refractivity contribution >= 4 is 50.7 Å². The van der Waals surface area contributed by atoms with Crippen LogP contribution in [0.5, 0.6) is 0 Å². The van der Waals surface area contributed by atoms with Gasteiger partial charge in [-0.05, 0) is 41.2 Å². The highest BCUT2D eigenvalue weighted by Crippen LogP contribution is 2.35. The Hall–Kier alpha value is -2.31. The number of carbonyl (C=O) groups excluding carboxylic acids is 2. The van der Waals surface area contributed by atoms with Gasteiger partial charge in [-0.1, -0.05) is 56.1 Å². The highest BCUT2D eigenvalue weighted by molar-refractivity contribution is 7.88. The van der Waals surface area contributed by atoms with Gasteiger partial charge in [0.05, 0.1) is 29.3 Å². The minimum absolute atomic E-state index is 0.0296. The number of anilines is 1. The van der Waals surface area contributed by atoms with Crippen molar-refractivity contribution in [1.29, 1.82) is 0 Å². The maximum absolute atomic E-state index is 14.6. The van der Waals surface area contributed by atoms with Gasteiger partial charge in [0.1, 0.15) is 11.6 Å². The maximum Gasteiger partial charge on any atom is 0.234 e. The lowest BCUT2D eigenvalue weighted by Gasteiger charge is -2.29. The average molecular weight is 594 g/mol. The van der Waals surface area contributed by atoms with Gasteiger partial charge in [0.15, 0.2) is 0 Å². The fourth-order valence-corrected chi connectivity index (χ4v) is 4.46. The molecular formula is C25H32Cl2F2N4O4S. The summed E-state index contributed by atoms with van der Waals surface area (Å²) in [5.74, 6) is -2.39. The van der Waals surface area contributed by atoms with Gasteiger partial charge in [-0.2, -0.15) is 0 Å². The Morgan fingerprint density at radius 3 is 2.34 bits per heavy atom. The molecule has 0 aromatic heterocycles. The highest BCUT2D eigenvalue weighted by atomic mass is 35.5. The monoisotopic (exact) mass is 592 g/mol. The summed E-state index contributed by atoms with van der Waals surface area (Å²) in [6.45, 7) is 5.84. The van der Waals surface area contributed by atoms with Crippen molar-refractivity contribution in [3.05, 3.63) is 63.1 Å². The average Bonchev–Trinajstić information content (AvgIpc) is 2.78. The fourth-order valence-electron chi connectivity index (χ4n) is 3.63. The van der Waals surface area contributed by atoms with E-state index in [9.17, 15) is 26.8 Å². The second-order valence-corrected chi connectivity index (χ2v) is 12.7. The summed E-state index contributed by atoms with van der Waals surface area (Å²) in [6, 6.07) is 6.21. The number of rotatable bonds is 12. The first-order chi connectivity index (χ1) is 17.6. The molecule has 0 saturated heterocycles. The molecule has 2 amide bonds. The van der Waals surface area contributed by atoms with Crippen molar-refractivity contribution < 1.29 is 26.8 Å². The first-order valence-corrected chi connectivity index (χ1v) is 14.4. The molecule has 0 saturated carbocycles. The van der Waals surface area contributed by atoms with Crippen LogP contribution in [0.3, 0.4) is 0 Å². The summed E-state index contributed by atoms with van der Waals surface area (Å²) in [7, 11) is -3.38. The molecule has 210 valence electrons. The molecule has 2 aromatic rings.